The standard InChI is InChI=1S/C24H17N3O3/c1-29-19-12-8-17(9-13-19)24(28)30-20-10-6-16(7-11-20)14-18(15-25)23-26-21-4-2-3-5-22(21)27-23/h2-14H,1H3,(H,26,27)/b18-14+. The highest BCUT2D eigenvalue weighted by Gasteiger charge is 2.10. The number of hydrogen-bond acceptors (Lipinski definition) is 5. The van der Waals surface area contributed by atoms with Crippen molar-refractivity contribution in [1.82, 2.24) is 9.97 Å². The van der Waals surface area contributed by atoms with Gasteiger partial charge in [0.05, 0.1) is 29.3 Å². The van der Waals surface area contributed by atoms with Crippen LogP contribution in [0.5, 0.6) is 11.5 Å². The molecule has 0 unspecified atom stereocenters. The van der Waals surface area contributed by atoms with Crippen LogP contribution in [0.25, 0.3) is 22.7 Å². The van der Waals surface area contributed by atoms with Gasteiger partial charge in [0.25, 0.3) is 0 Å². The summed E-state index contributed by atoms with van der Waals surface area (Å²) in [5, 5.41) is 9.55. The number of para-hydroxylation sites is 2. The zero-order valence-electron chi connectivity index (χ0n) is 16.1. The van der Waals surface area contributed by atoms with Crippen LogP contribution in [0.3, 0.4) is 0 Å². The molecule has 0 aliphatic carbocycles. The first-order valence-corrected chi connectivity index (χ1v) is 9.19. The van der Waals surface area contributed by atoms with Gasteiger partial charge in [0.15, 0.2) is 0 Å². The van der Waals surface area contributed by atoms with E-state index in [9.17, 15) is 10.1 Å². The van der Waals surface area contributed by atoms with Crippen molar-refractivity contribution in [3.05, 3.63) is 89.7 Å². The van der Waals surface area contributed by atoms with Gasteiger partial charge < -0.3 is 14.5 Å². The number of nitriles is 1. The van der Waals surface area contributed by atoms with Crippen molar-refractivity contribution in [2.45, 2.75) is 0 Å². The predicted octanol–water partition coefficient (Wildman–Crippen LogP) is 4.85. The first-order chi connectivity index (χ1) is 14.7. The summed E-state index contributed by atoms with van der Waals surface area (Å²) in [5.74, 6) is 1.13. The monoisotopic (exact) mass is 395 g/mol. The number of methoxy groups -OCH3 is 1. The van der Waals surface area contributed by atoms with Crippen LogP contribution in [-0.2, 0) is 0 Å². The molecule has 3 aromatic carbocycles. The quantitative estimate of drug-likeness (QED) is 0.296. The van der Waals surface area contributed by atoms with Crippen LogP contribution in [0.1, 0.15) is 21.7 Å². The molecule has 146 valence electrons. The summed E-state index contributed by atoms with van der Waals surface area (Å²) in [6.07, 6.45) is 1.73. The number of carbonyl (C=O) groups is 1. The minimum Gasteiger partial charge on any atom is -0.497 e. The van der Waals surface area contributed by atoms with Crippen LogP contribution in [0.15, 0.2) is 72.8 Å². The normalized spacial score (nSPS) is 11.1. The van der Waals surface area contributed by atoms with Crippen LogP contribution < -0.4 is 9.47 Å². The Morgan fingerprint density at radius 2 is 1.70 bits per heavy atom. The van der Waals surface area contributed by atoms with Crippen LogP contribution >= 0.6 is 0 Å². The SMILES string of the molecule is COc1ccc(C(=O)Oc2ccc(/C=C(\C#N)c3nc4ccccc4[nH]3)cc2)cc1. The number of aromatic nitrogens is 2. The zero-order valence-corrected chi connectivity index (χ0v) is 16.1. The van der Waals surface area contributed by atoms with Crippen molar-refractivity contribution in [3.63, 3.8) is 0 Å². The lowest BCUT2D eigenvalue weighted by Crippen LogP contribution is -2.08. The molecule has 0 saturated heterocycles. The van der Waals surface area contributed by atoms with E-state index in [-0.39, 0.29) is 0 Å². The average Bonchev–Trinajstić information content (AvgIpc) is 3.22. The molecule has 1 N–H and O–H groups in total. The fourth-order valence-electron chi connectivity index (χ4n) is 2.93. The summed E-state index contributed by atoms with van der Waals surface area (Å²) in [6, 6.07) is 23.4. The average molecular weight is 395 g/mol. The summed E-state index contributed by atoms with van der Waals surface area (Å²) in [5.41, 5.74) is 3.30. The number of benzene rings is 3. The minimum atomic E-state index is -0.457. The molecule has 30 heavy (non-hydrogen) atoms. The van der Waals surface area contributed by atoms with Gasteiger partial charge in [-0.05, 0) is 60.2 Å². The molecule has 1 heterocycles. The largest absolute Gasteiger partial charge is 0.497 e. The van der Waals surface area contributed by atoms with Gasteiger partial charge in [-0.15, -0.1) is 0 Å². The second-order valence-corrected chi connectivity index (χ2v) is 6.46. The number of allylic oxidation sites excluding steroid dienone is 1. The molecular formula is C24H17N3O3. The molecule has 0 fully saturated rings. The fraction of sp³-hybridized carbons (Fsp3) is 0.0417. The van der Waals surface area contributed by atoms with Gasteiger partial charge in [-0.25, -0.2) is 9.78 Å². The number of nitrogens with one attached hydrogen (secondary N) is 1. The third kappa shape index (κ3) is 4.05. The number of carbonyl (C=O) groups excluding carboxylic acids is 1. The maximum atomic E-state index is 12.3. The molecule has 0 amide bonds. The number of fused-ring (bicyclic) bond motifs is 1. The van der Waals surface area contributed by atoms with Gasteiger partial charge in [0.1, 0.15) is 23.4 Å². The molecule has 0 aliphatic rings. The van der Waals surface area contributed by atoms with E-state index in [1.165, 1.54) is 0 Å². The summed E-state index contributed by atoms with van der Waals surface area (Å²) < 4.78 is 10.5. The van der Waals surface area contributed by atoms with Crippen molar-refractivity contribution in [2.24, 2.45) is 0 Å². The van der Waals surface area contributed by atoms with Crippen molar-refractivity contribution in [3.8, 4) is 17.6 Å². The number of esters is 1. The van der Waals surface area contributed by atoms with Crippen molar-refractivity contribution >= 4 is 28.7 Å². The maximum Gasteiger partial charge on any atom is 0.343 e. The molecule has 4 rings (SSSR count). The second kappa shape index (κ2) is 8.33. The smallest absolute Gasteiger partial charge is 0.343 e. The third-order valence-corrected chi connectivity index (χ3v) is 4.49. The number of aromatic amines is 1. The molecule has 6 nitrogen and oxygen atoms in total. The Balaban J connectivity index is 1.50. The van der Waals surface area contributed by atoms with Crippen LogP contribution in [0.2, 0.25) is 0 Å². The van der Waals surface area contributed by atoms with Crippen LogP contribution in [0.4, 0.5) is 0 Å². The fourth-order valence-corrected chi connectivity index (χ4v) is 2.93. The number of imidazole rings is 1. The molecule has 6 heteroatoms. The molecule has 0 spiro atoms. The third-order valence-electron chi connectivity index (χ3n) is 4.49. The van der Waals surface area contributed by atoms with Crippen LogP contribution in [0, 0.1) is 11.3 Å². The second-order valence-electron chi connectivity index (χ2n) is 6.46. The molecule has 0 saturated carbocycles. The molecule has 1 aromatic heterocycles. The predicted molar refractivity (Wildman–Crippen MR) is 114 cm³/mol. The van der Waals surface area contributed by atoms with Crippen molar-refractivity contribution in [1.29, 1.82) is 5.26 Å². The van der Waals surface area contributed by atoms with Crippen molar-refractivity contribution in [2.75, 3.05) is 7.11 Å². The van der Waals surface area contributed by atoms with Gasteiger partial charge >= 0.3 is 5.97 Å². The van der Waals surface area contributed by atoms with Gasteiger partial charge in [-0.1, -0.05) is 24.3 Å². The number of rotatable bonds is 5. The Morgan fingerprint density at radius 3 is 2.37 bits per heavy atom. The van der Waals surface area contributed by atoms with Gasteiger partial charge in [-0.2, -0.15) is 5.26 Å². The highest BCUT2D eigenvalue weighted by molar-refractivity contribution is 5.92. The van der Waals surface area contributed by atoms with Crippen molar-refractivity contribution < 1.29 is 14.3 Å². The molecule has 4 aromatic rings. The summed E-state index contributed by atoms with van der Waals surface area (Å²) in [6.45, 7) is 0. The molecule has 0 radical (unpaired) electrons. The number of nitrogens with zero attached hydrogens (tertiary/aromatic N) is 2. The molecular weight excluding hydrogens is 378 g/mol. The van der Waals surface area contributed by atoms with Gasteiger partial charge in [0, 0.05) is 0 Å². The van der Waals surface area contributed by atoms with E-state index in [1.807, 2.05) is 24.3 Å². The van der Waals surface area contributed by atoms with Gasteiger partial charge in [-0.3, -0.25) is 0 Å². The topological polar surface area (TPSA) is 88.0 Å². The lowest BCUT2D eigenvalue weighted by Gasteiger charge is -2.06. The van der Waals surface area contributed by atoms with E-state index in [0.717, 1.165) is 16.6 Å². The first-order valence-electron chi connectivity index (χ1n) is 9.19. The van der Waals surface area contributed by atoms with Gasteiger partial charge in [0.2, 0.25) is 0 Å². The zero-order chi connectivity index (χ0) is 20.9. The Bertz CT molecular complexity index is 1230. The highest BCUT2D eigenvalue weighted by atomic mass is 16.5. The molecule has 0 atom stereocenters. The number of hydrogen-bond donors (Lipinski definition) is 1. The summed E-state index contributed by atoms with van der Waals surface area (Å²) in [7, 11) is 1.56. The highest BCUT2D eigenvalue weighted by Crippen LogP contribution is 2.21. The lowest BCUT2D eigenvalue weighted by atomic mass is 10.1. The Hall–Kier alpha value is -4.37. The van der Waals surface area contributed by atoms with E-state index >= 15 is 0 Å². The Labute approximate surface area is 173 Å². The van der Waals surface area contributed by atoms with E-state index in [1.54, 1.807) is 61.7 Å². The van der Waals surface area contributed by atoms with Crippen LogP contribution in [-0.4, -0.2) is 23.0 Å². The Kier molecular flexibility index (Phi) is 5.27. The Morgan fingerprint density at radius 1 is 1.00 bits per heavy atom. The molecule has 0 aliphatic heterocycles. The first kappa shape index (κ1) is 19.0. The summed E-state index contributed by atoms with van der Waals surface area (Å²) >= 11 is 0. The minimum absolute atomic E-state index is 0.411. The number of ether oxygens (including phenoxy) is 2. The molecule has 0 bridgehead atoms. The van der Waals surface area contributed by atoms with E-state index in [0.29, 0.717) is 28.5 Å². The maximum absolute atomic E-state index is 12.3. The van der Waals surface area contributed by atoms with E-state index < -0.39 is 5.97 Å². The summed E-state index contributed by atoms with van der Waals surface area (Å²) in [4.78, 5) is 19.9. The van der Waals surface area contributed by atoms with E-state index in [4.69, 9.17) is 9.47 Å². The number of H-pyrrole nitrogens is 1. The lowest BCUT2D eigenvalue weighted by molar-refractivity contribution is 0.0734. The van der Waals surface area contributed by atoms with E-state index in [2.05, 4.69) is 16.0 Å².